The smallest absolute Gasteiger partial charge is 0.449 e. The molecule has 1 rings (SSSR count). The maximum Gasteiger partial charge on any atom is 0.482 e. The molecule has 0 N–H and O–H groups in total. The van der Waals surface area contributed by atoms with E-state index >= 15 is 0 Å². The fourth-order valence-corrected chi connectivity index (χ4v) is 1.24. The van der Waals surface area contributed by atoms with Crippen LogP contribution in [0.3, 0.4) is 0 Å². The van der Waals surface area contributed by atoms with Gasteiger partial charge in [0.1, 0.15) is 0 Å². The SMILES string of the molecule is CCc1cccc(C[B-](F)(F)F)c1. The lowest BCUT2D eigenvalue weighted by Gasteiger charge is -2.13. The normalized spacial score (nSPS) is 11.7. The molecule has 0 aromatic heterocycles. The summed E-state index contributed by atoms with van der Waals surface area (Å²) in [5.74, 6) is 0. The zero-order valence-corrected chi connectivity index (χ0v) is 7.43. The van der Waals surface area contributed by atoms with E-state index in [1.807, 2.05) is 13.0 Å². The van der Waals surface area contributed by atoms with Crippen molar-refractivity contribution in [3.05, 3.63) is 35.4 Å². The molecule has 0 radical (unpaired) electrons. The van der Waals surface area contributed by atoms with Crippen LogP contribution in [0.25, 0.3) is 0 Å². The summed E-state index contributed by atoms with van der Waals surface area (Å²) in [5.41, 5.74) is 1.32. The molecule has 0 saturated carbocycles. The fourth-order valence-electron chi connectivity index (χ4n) is 1.24. The summed E-state index contributed by atoms with van der Waals surface area (Å²) in [6, 6.07) is 6.66. The third kappa shape index (κ3) is 3.53. The van der Waals surface area contributed by atoms with Gasteiger partial charge in [-0.2, -0.15) is 0 Å². The topological polar surface area (TPSA) is 0 Å². The predicted octanol–water partition coefficient (Wildman–Crippen LogP) is 3.18. The van der Waals surface area contributed by atoms with Gasteiger partial charge in [0.05, 0.1) is 0 Å². The predicted molar refractivity (Wildman–Crippen MR) is 48.6 cm³/mol. The summed E-state index contributed by atoms with van der Waals surface area (Å²) >= 11 is 0. The van der Waals surface area contributed by atoms with Crippen LogP contribution >= 0.6 is 0 Å². The lowest BCUT2D eigenvalue weighted by atomic mass is 9.81. The molecular weight excluding hydrogens is 176 g/mol. The summed E-state index contributed by atoms with van der Waals surface area (Å²) < 4.78 is 36.1. The van der Waals surface area contributed by atoms with Crippen LogP contribution in [0, 0.1) is 0 Å². The lowest BCUT2D eigenvalue weighted by Crippen LogP contribution is -2.19. The van der Waals surface area contributed by atoms with Crippen molar-refractivity contribution in [2.24, 2.45) is 0 Å². The molecule has 72 valence electrons. The summed E-state index contributed by atoms with van der Waals surface area (Å²) in [5, 5.41) is 0. The van der Waals surface area contributed by atoms with Gasteiger partial charge in [0.25, 0.3) is 0 Å². The van der Waals surface area contributed by atoms with Crippen molar-refractivity contribution in [2.75, 3.05) is 0 Å². The molecule has 0 spiro atoms. The number of benzene rings is 1. The Kier molecular flexibility index (Phi) is 3.01. The molecule has 0 saturated heterocycles. The van der Waals surface area contributed by atoms with Gasteiger partial charge in [0.2, 0.25) is 0 Å². The van der Waals surface area contributed by atoms with Crippen molar-refractivity contribution in [3.63, 3.8) is 0 Å². The molecular formula is C9H11BF3-. The van der Waals surface area contributed by atoms with E-state index in [4.69, 9.17) is 0 Å². The second-order valence-electron chi connectivity index (χ2n) is 3.09. The zero-order valence-electron chi connectivity index (χ0n) is 7.43. The molecule has 4 heteroatoms. The Labute approximate surface area is 75.8 Å². The summed E-state index contributed by atoms with van der Waals surface area (Å²) in [6.07, 6.45) is 0.00649. The molecule has 0 unspecified atom stereocenters. The van der Waals surface area contributed by atoms with Crippen LogP contribution in [0.2, 0.25) is 0 Å². The Hall–Kier alpha value is -0.925. The van der Waals surface area contributed by atoms with Crippen molar-refractivity contribution < 1.29 is 12.9 Å². The minimum atomic E-state index is -4.70. The van der Waals surface area contributed by atoms with Crippen LogP contribution in [0.4, 0.5) is 12.9 Å². The molecule has 0 bridgehead atoms. The van der Waals surface area contributed by atoms with Crippen molar-refractivity contribution in [3.8, 4) is 0 Å². The van der Waals surface area contributed by atoms with Crippen LogP contribution in [0.1, 0.15) is 18.1 Å². The first kappa shape index (κ1) is 10.2. The van der Waals surface area contributed by atoms with Gasteiger partial charge in [-0.1, -0.05) is 43.1 Å². The van der Waals surface area contributed by atoms with E-state index < -0.39 is 13.3 Å². The zero-order chi connectivity index (χ0) is 9.90. The second kappa shape index (κ2) is 3.86. The molecule has 0 nitrogen and oxygen atoms in total. The monoisotopic (exact) mass is 187 g/mol. The fraction of sp³-hybridized carbons (Fsp3) is 0.333. The van der Waals surface area contributed by atoms with E-state index in [1.54, 1.807) is 12.1 Å². The van der Waals surface area contributed by atoms with Crippen molar-refractivity contribution in [2.45, 2.75) is 19.7 Å². The molecule has 0 atom stereocenters. The van der Waals surface area contributed by atoms with Gasteiger partial charge in [0.15, 0.2) is 0 Å². The van der Waals surface area contributed by atoms with Crippen LogP contribution in [-0.2, 0) is 12.7 Å². The van der Waals surface area contributed by atoms with E-state index in [0.29, 0.717) is 5.56 Å². The summed E-state index contributed by atoms with van der Waals surface area (Å²) in [7, 11) is 0. The van der Waals surface area contributed by atoms with E-state index in [-0.39, 0.29) is 0 Å². The van der Waals surface area contributed by atoms with Gasteiger partial charge in [-0.3, -0.25) is 0 Å². The van der Waals surface area contributed by atoms with Crippen molar-refractivity contribution in [1.29, 1.82) is 0 Å². The first-order valence-corrected chi connectivity index (χ1v) is 4.30. The number of rotatable bonds is 3. The average molecular weight is 187 g/mol. The van der Waals surface area contributed by atoms with Gasteiger partial charge in [-0.05, 0) is 12.0 Å². The van der Waals surface area contributed by atoms with Crippen molar-refractivity contribution in [1.82, 2.24) is 0 Å². The van der Waals surface area contributed by atoms with E-state index in [1.165, 1.54) is 6.07 Å². The average Bonchev–Trinajstić information content (AvgIpc) is 2.01. The minimum absolute atomic E-state index is 0.367. The third-order valence-electron chi connectivity index (χ3n) is 1.87. The third-order valence-corrected chi connectivity index (χ3v) is 1.87. The summed E-state index contributed by atoms with van der Waals surface area (Å²) in [4.78, 5) is 0. The Bertz CT molecular complexity index is 280. The highest BCUT2D eigenvalue weighted by molar-refractivity contribution is 6.57. The minimum Gasteiger partial charge on any atom is -0.449 e. The number of aryl methyl sites for hydroxylation is 1. The van der Waals surface area contributed by atoms with Crippen LogP contribution < -0.4 is 0 Å². The largest absolute Gasteiger partial charge is 0.482 e. The first-order valence-electron chi connectivity index (χ1n) is 4.30. The molecule has 0 aliphatic carbocycles. The maximum atomic E-state index is 12.0. The Morgan fingerprint density at radius 2 is 1.77 bits per heavy atom. The molecule has 0 heterocycles. The first-order chi connectivity index (χ1) is 6.01. The Morgan fingerprint density at radius 3 is 2.31 bits per heavy atom. The Balaban J connectivity index is 2.78. The molecule has 0 aliphatic heterocycles. The number of halogens is 3. The van der Waals surface area contributed by atoms with Gasteiger partial charge in [-0.15, -0.1) is 0 Å². The molecule has 13 heavy (non-hydrogen) atoms. The summed E-state index contributed by atoms with van der Waals surface area (Å²) in [6.45, 7) is -2.77. The number of hydrogen-bond donors (Lipinski definition) is 0. The molecule has 0 fully saturated rings. The van der Waals surface area contributed by atoms with E-state index in [2.05, 4.69) is 0 Å². The van der Waals surface area contributed by atoms with E-state index in [0.717, 1.165) is 12.0 Å². The highest BCUT2D eigenvalue weighted by Gasteiger charge is 2.22. The van der Waals surface area contributed by atoms with Crippen LogP contribution in [-0.4, -0.2) is 6.98 Å². The van der Waals surface area contributed by atoms with Gasteiger partial charge < -0.3 is 12.9 Å². The molecule has 1 aromatic carbocycles. The standard InChI is InChI=1S/C9H11BF3/c1-2-8-4-3-5-9(6-8)7-10(11,12)13/h3-6H,2,7H2,1H3/q-1. The molecule has 0 aliphatic rings. The quantitative estimate of drug-likeness (QED) is 0.637. The number of hydrogen-bond acceptors (Lipinski definition) is 0. The molecule has 0 amide bonds. The maximum absolute atomic E-state index is 12.0. The van der Waals surface area contributed by atoms with E-state index in [9.17, 15) is 12.9 Å². The van der Waals surface area contributed by atoms with Gasteiger partial charge >= 0.3 is 6.98 Å². The van der Waals surface area contributed by atoms with Crippen LogP contribution in [0.5, 0.6) is 0 Å². The van der Waals surface area contributed by atoms with Crippen molar-refractivity contribution >= 4 is 6.98 Å². The molecule has 1 aromatic rings. The van der Waals surface area contributed by atoms with Gasteiger partial charge in [0, 0.05) is 0 Å². The van der Waals surface area contributed by atoms with Gasteiger partial charge in [-0.25, -0.2) is 0 Å². The lowest BCUT2D eigenvalue weighted by molar-refractivity contribution is 0.468. The Morgan fingerprint density at radius 1 is 1.15 bits per heavy atom. The highest BCUT2D eigenvalue weighted by atomic mass is 19.4. The second-order valence-corrected chi connectivity index (χ2v) is 3.09. The highest BCUT2D eigenvalue weighted by Crippen LogP contribution is 2.17. The van der Waals surface area contributed by atoms with Crippen LogP contribution in [0.15, 0.2) is 24.3 Å².